The van der Waals surface area contributed by atoms with Gasteiger partial charge >= 0.3 is 6.18 Å². The van der Waals surface area contributed by atoms with Gasteiger partial charge in [-0.1, -0.05) is 24.4 Å². The second kappa shape index (κ2) is 10.1. The van der Waals surface area contributed by atoms with Crippen LogP contribution in [-0.2, 0) is 14.8 Å². The molecule has 1 atom stereocenters. The molecule has 1 aliphatic rings. The van der Waals surface area contributed by atoms with Gasteiger partial charge in [0.05, 0.1) is 11.6 Å². The third-order valence-electron chi connectivity index (χ3n) is 4.39. The highest BCUT2D eigenvalue weighted by Gasteiger charge is 2.29. The molecule has 1 heterocycles. The fourth-order valence-corrected chi connectivity index (χ4v) is 4.98. The van der Waals surface area contributed by atoms with Crippen LogP contribution in [0.4, 0.5) is 13.2 Å². The van der Waals surface area contributed by atoms with E-state index in [0.29, 0.717) is 13.1 Å². The number of alkyl halides is 3. The number of nitrogens with zero attached hydrogens (tertiary/aromatic N) is 1. The Kier molecular flexibility index (Phi) is 8.33. The minimum absolute atomic E-state index is 0.00681. The molecule has 0 saturated carbocycles. The van der Waals surface area contributed by atoms with Crippen molar-refractivity contribution in [2.75, 3.05) is 26.3 Å². The number of halogens is 4. The lowest BCUT2D eigenvalue weighted by molar-refractivity contribution is -0.174. The highest BCUT2D eigenvalue weighted by Crippen LogP contribution is 2.27. The average Bonchev–Trinajstić information content (AvgIpc) is 2.90. The second-order valence-corrected chi connectivity index (χ2v) is 9.28. The van der Waals surface area contributed by atoms with Crippen LogP contribution in [0.25, 0.3) is 0 Å². The first-order chi connectivity index (χ1) is 13.5. The third kappa shape index (κ3) is 7.13. The quantitative estimate of drug-likeness (QED) is 0.680. The van der Waals surface area contributed by atoms with Crippen molar-refractivity contribution in [3.63, 3.8) is 0 Å². The summed E-state index contributed by atoms with van der Waals surface area (Å²) in [7, 11) is -3.86. The van der Waals surface area contributed by atoms with Gasteiger partial charge in [0, 0.05) is 24.7 Å². The van der Waals surface area contributed by atoms with Crippen LogP contribution in [0.1, 0.15) is 43.0 Å². The van der Waals surface area contributed by atoms with E-state index >= 15 is 0 Å². The SMILES string of the molecule is C[C@H](COCC(F)(F)F)NC(=O)c1ccc(Cl)c(S(=O)(=O)N2CCCCCC2)c1. The predicted octanol–water partition coefficient (Wildman–Crippen LogP) is 3.60. The van der Waals surface area contributed by atoms with Crippen molar-refractivity contribution in [3.05, 3.63) is 28.8 Å². The van der Waals surface area contributed by atoms with Crippen molar-refractivity contribution in [1.29, 1.82) is 0 Å². The summed E-state index contributed by atoms with van der Waals surface area (Å²) in [6.07, 6.45) is -1.03. The van der Waals surface area contributed by atoms with Gasteiger partial charge in [0.25, 0.3) is 5.91 Å². The van der Waals surface area contributed by atoms with Crippen LogP contribution < -0.4 is 5.32 Å². The molecule has 0 aromatic heterocycles. The van der Waals surface area contributed by atoms with Gasteiger partial charge in [-0.2, -0.15) is 17.5 Å². The molecule has 1 saturated heterocycles. The zero-order chi connectivity index (χ0) is 21.7. The van der Waals surface area contributed by atoms with Gasteiger partial charge in [-0.05, 0) is 38.0 Å². The van der Waals surface area contributed by atoms with Gasteiger partial charge in [0.15, 0.2) is 0 Å². The van der Waals surface area contributed by atoms with E-state index in [4.69, 9.17) is 11.6 Å². The Labute approximate surface area is 173 Å². The zero-order valence-electron chi connectivity index (χ0n) is 16.0. The van der Waals surface area contributed by atoms with Crippen LogP contribution >= 0.6 is 11.6 Å². The summed E-state index contributed by atoms with van der Waals surface area (Å²) >= 11 is 6.10. The molecule has 1 aromatic rings. The van der Waals surface area contributed by atoms with E-state index in [2.05, 4.69) is 10.1 Å². The lowest BCUT2D eigenvalue weighted by Gasteiger charge is -2.21. The van der Waals surface area contributed by atoms with E-state index in [-0.39, 0.29) is 22.1 Å². The molecule has 2 rings (SSSR count). The Morgan fingerprint density at radius 2 is 1.86 bits per heavy atom. The number of nitrogens with one attached hydrogen (secondary N) is 1. The van der Waals surface area contributed by atoms with Gasteiger partial charge in [-0.25, -0.2) is 8.42 Å². The molecule has 0 aliphatic carbocycles. The monoisotopic (exact) mass is 456 g/mol. The standard InChI is InChI=1S/C18H24ClF3N2O4S/c1-13(11-28-12-18(20,21)22)23-17(25)14-6-7-15(19)16(10-14)29(26,27)24-8-4-2-3-5-9-24/h6-7,10,13H,2-5,8-9,11-12H2,1H3,(H,23,25)/t13-/m1/s1. The van der Waals surface area contributed by atoms with Gasteiger partial charge in [-0.15, -0.1) is 0 Å². The average molecular weight is 457 g/mol. The zero-order valence-corrected chi connectivity index (χ0v) is 17.5. The van der Waals surface area contributed by atoms with Crippen molar-refractivity contribution >= 4 is 27.5 Å². The first-order valence-corrected chi connectivity index (χ1v) is 11.1. The molecule has 11 heteroatoms. The number of carbonyl (C=O) groups excluding carboxylic acids is 1. The van der Waals surface area contributed by atoms with Crippen LogP contribution in [0.5, 0.6) is 0 Å². The number of hydrogen-bond acceptors (Lipinski definition) is 4. The van der Waals surface area contributed by atoms with E-state index in [1.165, 1.54) is 29.4 Å². The maximum absolute atomic E-state index is 13.0. The number of sulfonamides is 1. The molecule has 164 valence electrons. The molecular weight excluding hydrogens is 433 g/mol. The van der Waals surface area contributed by atoms with Crippen molar-refractivity contribution in [2.45, 2.75) is 49.7 Å². The number of benzene rings is 1. The van der Waals surface area contributed by atoms with Crippen molar-refractivity contribution in [1.82, 2.24) is 9.62 Å². The molecule has 1 amide bonds. The lowest BCUT2D eigenvalue weighted by Crippen LogP contribution is -2.37. The maximum Gasteiger partial charge on any atom is 0.411 e. The summed E-state index contributed by atoms with van der Waals surface area (Å²) in [5.74, 6) is -0.628. The highest BCUT2D eigenvalue weighted by atomic mass is 35.5. The van der Waals surface area contributed by atoms with E-state index in [1.54, 1.807) is 0 Å². The summed E-state index contributed by atoms with van der Waals surface area (Å²) in [5.41, 5.74) is 0.0467. The number of rotatable bonds is 7. The molecule has 0 radical (unpaired) electrons. The fourth-order valence-electron chi connectivity index (χ4n) is 2.96. The Bertz CT molecular complexity index is 810. The van der Waals surface area contributed by atoms with Gasteiger partial charge in [0.2, 0.25) is 10.0 Å². The molecule has 1 fully saturated rings. The van der Waals surface area contributed by atoms with E-state index in [9.17, 15) is 26.4 Å². The fraction of sp³-hybridized carbons (Fsp3) is 0.611. The third-order valence-corrected chi connectivity index (χ3v) is 6.77. The number of carbonyl (C=O) groups is 1. The van der Waals surface area contributed by atoms with Crippen molar-refractivity contribution in [3.8, 4) is 0 Å². The van der Waals surface area contributed by atoms with Crippen LogP contribution in [0.2, 0.25) is 5.02 Å². The molecule has 1 N–H and O–H groups in total. The topological polar surface area (TPSA) is 75.7 Å². The first-order valence-electron chi connectivity index (χ1n) is 9.26. The Morgan fingerprint density at radius 3 is 2.45 bits per heavy atom. The number of ether oxygens (including phenoxy) is 1. The molecular formula is C18H24ClF3N2O4S. The number of amides is 1. The molecule has 0 unspecified atom stereocenters. The van der Waals surface area contributed by atoms with Gasteiger partial charge < -0.3 is 10.1 Å². The molecule has 1 aliphatic heterocycles. The van der Waals surface area contributed by atoms with Gasteiger partial charge in [0.1, 0.15) is 11.5 Å². The second-order valence-electron chi connectivity index (χ2n) is 6.97. The van der Waals surface area contributed by atoms with E-state index in [0.717, 1.165) is 25.7 Å². The smallest absolute Gasteiger partial charge is 0.370 e. The van der Waals surface area contributed by atoms with Crippen LogP contribution in [0.15, 0.2) is 23.1 Å². The maximum atomic E-state index is 13.0. The van der Waals surface area contributed by atoms with Crippen LogP contribution in [0, 0.1) is 0 Å². The lowest BCUT2D eigenvalue weighted by atomic mass is 10.2. The van der Waals surface area contributed by atoms with E-state index in [1.807, 2.05) is 0 Å². The number of hydrogen-bond donors (Lipinski definition) is 1. The van der Waals surface area contributed by atoms with E-state index < -0.39 is 34.8 Å². The van der Waals surface area contributed by atoms with Crippen LogP contribution in [0.3, 0.4) is 0 Å². The summed E-state index contributed by atoms with van der Waals surface area (Å²) in [6, 6.07) is 3.18. The molecule has 0 bridgehead atoms. The summed E-state index contributed by atoms with van der Waals surface area (Å²) in [5, 5.41) is 2.49. The Balaban J connectivity index is 2.10. The molecule has 6 nitrogen and oxygen atoms in total. The summed E-state index contributed by atoms with van der Waals surface area (Å²) in [6.45, 7) is 0.522. The first kappa shape index (κ1) is 23.9. The molecule has 0 spiro atoms. The summed E-state index contributed by atoms with van der Waals surface area (Å²) < 4.78 is 68.2. The normalized spacial score (nSPS) is 17.6. The minimum atomic E-state index is -4.45. The minimum Gasteiger partial charge on any atom is -0.370 e. The molecule has 29 heavy (non-hydrogen) atoms. The molecule has 1 aromatic carbocycles. The highest BCUT2D eigenvalue weighted by molar-refractivity contribution is 7.89. The predicted molar refractivity (Wildman–Crippen MR) is 102 cm³/mol. The van der Waals surface area contributed by atoms with Crippen LogP contribution in [-0.4, -0.2) is 57.2 Å². The Hall–Kier alpha value is -1.36. The van der Waals surface area contributed by atoms with Crippen molar-refractivity contribution in [2.24, 2.45) is 0 Å². The Morgan fingerprint density at radius 1 is 1.24 bits per heavy atom. The van der Waals surface area contributed by atoms with Gasteiger partial charge in [-0.3, -0.25) is 4.79 Å². The summed E-state index contributed by atoms with van der Waals surface area (Å²) in [4.78, 5) is 12.2. The largest absolute Gasteiger partial charge is 0.411 e. The van der Waals surface area contributed by atoms with Crippen molar-refractivity contribution < 1.29 is 31.1 Å².